The molecule has 1 rings (SSSR count). The summed E-state index contributed by atoms with van der Waals surface area (Å²) in [5, 5.41) is 7.89. The van der Waals surface area contributed by atoms with Gasteiger partial charge in [-0.3, -0.25) is 4.68 Å². The van der Waals surface area contributed by atoms with E-state index in [1.54, 1.807) is 0 Å². The molecule has 0 fully saturated rings. The topological polar surface area (TPSA) is 33.1 Å². The van der Waals surface area contributed by atoms with Crippen LogP contribution in [0.4, 0.5) is 0 Å². The molecule has 0 aliphatic carbocycles. The smallest absolute Gasteiger partial charge is 0.0522 e. The van der Waals surface area contributed by atoms with E-state index in [-0.39, 0.29) is 0 Å². The molecule has 104 valence electrons. The Morgan fingerprint density at radius 3 is 2.67 bits per heavy atom. The molecule has 1 heterocycles. The van der Waals surface area contributed by atoms with Crippen molar-refractivity contribution < 1.29 is 0 Å². The van der Waals surface area contributed by atoms with Crippen LogP contribution in [0, 0.1) is 5.92 Å². The van der Waals surface area contributed by atoms with E-state index in [0.717, 1.165) is 26.1 Å². The molecule has 0 amide bonds. The maximum atomic E-state index is 4.34. The van der Waals surface area contributed by atoms with E-state index in [1.165, 1.54) is 5.69 Å². The van der Waals surface area contributed by atoms with Crippen molar-refractivity contribution in [2.45, 2.75) is 46.3 Å². The molecule has 1 N–H and O–H groups in total. The van der Waals surface area contributed by atoms with Gasteiger partial charge in [-0.1, -0.05) is 20.8 Å². The predicted octanol–water partition coefficient (Wildman–Crippen LogP) is 1.97. The minimum Gasteiger partial charge on any atom is -0.310 e. The molecule has 1 unspecified atom stereocenters. The molecule has 4 nitrogen and oxygen atoms in total. The summed E-state index contributed by atoms with van der Waals surface area (Å²) >= 11 is 0. The molecule has 0 saturated heterocycles. The number of aryl methyl sites for hydroxylation is 1. The van der Waals surface area contributed by atoms with Crippen molar-refractivity contribution >= 4 is 0 Å². The van der Waals surface area contributed by atoms with Crippen molar-refractivity contribution in [1.82, 2.24) is 20.0 Å². The number of hydrogen-bond acceptors (Lipinski definition) is 3. The van der Waals surface area contributed by atoms with Crippen LogP contribution < -0.4 is 5.32 Å². The van der Waals surface area contributed by atoms with Crippen LogP contribution in [0.2, 0.25) is 0 Å². The van der Waals surface area contributed by atoms with Crippen LogP contribution in [0.1, 0.15) is 32.9 Å². The van der Waals surface area contributed by atoms with Crippen LogP contribution in [0.15, 0.2) is 12.3 Å². The predicted molar refractivity (Wildman–Crippen MR) is 76.5 cm³/mol. The van der Waals surface area contributed by atoms with Crippen LogP contribution in [-0.2, 0) is 13.1 Å². The molecule has 0 saturated carbocycles. The zero-order valence-electron chi connectivity index (χ0n) is 12.5. The maximum Gasteiger partial charge on any atom is 0.0522 e. The molecule has 0 aliphatic rings. The van der Waals surface area contributed by atoms with E-state index in [4.69, 9.17) is 0 Å². The minimum absolute atomic E-state index is 0.576. The molecule has 4 heteroatoms. The molecular weight excluding hydrogens is 224 g/mol. The number of aromatic nitrogens is 2. The van der Waals surface area contributed by atoms with Gasteiger partial charge in [0.25, 0.3) is 0 Å². The second-order valence-corrected chi connectivity index (χ2v) is 5.45. The summed E-state index contributed by atoms with van der Waals surface area (Å²) in [6.07, 6.45) is 3.01. The third-order valence-electron chi connectivity index (χ3n) is 3.33. The number of likely N-dealkylation sites (N-methyl/N-ethyl adjacent to an activating group) is 1. The monoisotopic (exact) mass is 252 g/mol. The van der Waals surface area contributed by atoms with Crippen LogP contribution >= 0.6 is 0 Å². The summed E-state index contributed by atoms with van der Waals surface area (Å²) in [7, 11) is 4.29. The molecule has 1 aromatic rings. The Labute approximate surface area is 111 Å². The van der Waals surface area contributed by atoms with E-state index >= 15 is 0 Å². The van der Waals surface area contributed by atoms with Crippen molar-refractivity contribution in [2.75, 3.05) is 20.6 Å². The lowest BCUT2D eigenvalue weighted by atomic mass is 10.0. The standard InChI is InChI=1S/C14H28N4/c1-6-9-18-13(7-8-16-18)10-15-11-14(12(2)3)17(4)5/h7-8,12,14-15H,6,9-11H2,1-5H3. The van der Waals surface area contributed by atoms with Gasteiger partial charge in [-0.25, -0.2) is 0 Å². The zero-order valence-corrected chi connectivity index (χ0v) is 12.5. The van der Waals surface area contributed by atoms with Gasteiger partial charge in [-0.05, 0) is 32.5 Å². The summed E-state index contributed by atoms with van der Waals surface area (Å²) in [4.78, 5) is 2.29. The van der Waals surface area contributed by atoms with Gasteiger partial charge < -0.3 is 10.2 Å². The molecule has 18 heavy (non-hydrogen) atoms. The summed E-state index contributed by atoms with van der Waals surface area (Å²) in [5.41, 5.74) is 1.28. The molecule has 0 spiro atoms. The Kier molecular flexibility index (Phi) is 6.36. The van der Waals surface area contributed by atoms with Crippen molar-refractivity contribution in [3.8, 4) is 0 Å². The van der Waals surface area contributed by atoms with Gasteiger partial charge in [0, 0.05) is 31.9 Å². The Hall–Kier alpha value is -0.870. The van der Waals surface area contributed by atoms with Crippen LogP contribution in [0.3, 0.4) is 0 Å². The lowest BCUT2D eigenvalue weighted by Gasteiger charge is -2.28. The van der Waals surface area contributed by atoms with Gasteiger partial charge in [0.1, 0.15) is 0 Å². The molecule has 0 bridgehead atoms. The molecule has 0 aliphatic heterocycles. The Morgan fingerprint density at radius 1 is 1.39 bits per heavy atom. The van der Waals surface area contributed by atoms with Crippen molar-refractivity contribution in [3.05, 3.63) is 18.0 Å². The van der Waals surface area contributed by atoms with E-state index in [9.17, 15) is 0 Å². The summed E-state index contributed by atoms with van der Waals surface area (Å²) in [5.74, 6) is 0.660. The Bertz CT molecular complexity index is 322. The number of nitrogens with one attached hydrogen (secondary N) is 1. The van der Waals surface area contributed by atoms with Gasteiger partial charge in [0.05, 0.1) is 5.69 Å². The highest BCUT2D eigenvalue weighted by molar-refractivity contribution is 5.00. The molecule has 1 aromatic heterocycles. The lowest BCUT2D eigenvalue weighted by Crippen LogP contribution is -2.41. The first-order chi connectivity index (χ1) is 8.56. The highest BCUT2D eigenvalue weighted by atomic mass is 15.3. The first-order valence-electron chi connectivity index (χ1n) is 6.94. The van der Waals surface area contributed by atoms with Crippen LogP contribution in [0.5, 0.6) is 0 Å². The average molecular weight is 252 g/mol. The first kappa shape index (κ1) is 15.2. The summed E-state index contributed by atoms with van der Waals surface area (Å²) in [6, 6.07) is 2.68. The molecule has 0 radical (unpaired) electrons. The second kappa shape index (κ2) is 7.54. The SMILES string of the molecule is CCCn1nccc1CNCC(C(C)C)N(C)C. The second-order valence-electron chi connectivity index (χ2n) is 5.45. The molecule has 1 atom stereocenters. The summed E-state index contributed by atoms with van der Waals surface area (Å²) in [6.45, 7) is 9.64. The van der Waals surface area contributed by atoms with Gasteiger partial charge >= 0.3 is 0 Å². The van der Waals surface area contributed by atoms with Crippen molar-refractivity contribution in [3.63, 3.8) is 0 Å². The largest absolute Gasteiger partial charge is 0.310 e. The number of rotatable bonds is 8. The third kappa shape index (κ3) is 4.42. The van der Waals surface area contributed by atoms with Gasteiger partial charge in [0.15, 0.2) is 0 Å². The van der Waals surface area contributed by atoms with Crippen LogP contribution in [0.25, 0.3) is 0 Å². The third-order valence-corrected chi connectivity index (χ3v) is 3.33. The van der Waals surface area contributed by atoms with E-state index in [2.05, 4.69) is 60.9 Å². The fourth-order valence-corrected chi connectivity index (χ4v) is 2.29. The van der Waals surface area contributed by atoms with Gasteiger partial charge in [-0.2, -0.15) is 5.10 Å². The fraction of sp³-hybridized carbons (Fsp3) is 0.786. The zero-order chi connectivity index (χ0) is 13.5. The quantitative estimate of drug-likeness (QED) is 0.768. The van der Waals surface area contributed by atoms with Crippen molar-refractivity contribution in [1.29, 1.82) is 0 Å². The van der Waals surface area contributed by atoms with Crippen LogP contribution in [-0.4, -0.2) is 41.4 Å². The van der Waals surface area contributed by atoms with E-state index in [1.807, 2.05) is 6.20 Å². The highest BCUT2D eigenvalue weighted by Crippen LogP contribution is 2.07. The van der Waals surface area contributed by atoms with Crippen molar-refractivity contribution in [2.24, 2.45) is 5.92 Å². The van der Waals surface area contributed by atoms with Gasteiger partial charge in [-0.15, -0.1) is 0 Å². The number of nitrogens with zero attached hydrogens (tertiary/aromatic N) is 3. The highest BCUT2D eigenvalue weighted by Gasteiger charge is 2.15. The maximum absolute atomic E-state index is 4.34. The summed E-state index contributed by atoms with van der Waals surface area (Å²) < 4.78 is 2.09. The first-order valence-corrected chi connectivity index (χ1v) is 6.94. The molecular formula is C14H28N4. The molecule has 0 aromatic carbocycles. The average Bonchev–Trinajstić information content (AvgIpc) is 2.71. The minimum atomic E-state index is 0.576. The fourth-order valence-electron chi connectivity index (χ4n) is 2.29. The Balaban J connectivity index is 2.42. The lowest BCUT2D eigenvalue weighted by molar-refractivity contribution is 0.224. The number of hydrogen-bond donors (Lipinski definition) is 1. The van der Waals surface area contributed by atoms with E-state index in [0.29, 0.717) is 12.0 Å². The van der Waals surface area contributed by atoms with Gasteiger partial charge in [0.2, 0.25) is 0 Å². The van der Waals surface area contributed by atoms with E-state index < -0.39 is 0 Å². The Morgan fingerprint density at radius 2 is 2.11 bits per heavy atom. The normalized spacial score (nSPS) is 13.5.